The molecule has 2 aromatic rings. The minimum atomic E-state index is -0.555. The molecule has 2 saturated heterocycles. The number of hydrogen-bond acceptors (Lipinski definition) is 4. The van der Waals surface area contributed by atoms with Crippen molar-refractivity contribution in [3.05, 3.63) is 69.4 Å². The maximum atomic E-state index is 13.4. The number of rotatable bonds is 7. The number of benzene rings is 1. The normalized spacial score (nSPS) is 18.5. The molecule has 1 aromatic carbocycles. The van der Waals surface area contributed by atoms with Crippen molar-refractivity contribution in [2.75, 3.05) is 26.2 Å². The molecule has 0 spiro atoms. The molecular weight excluding hydrogens is 437 g/mol. The SMILES string of the molecule is O=C(NCCc1cccc(F)c1)c1cn(CC2CCCO2)cc(C(=O)N2CCCCCC2)c1=O. The second-order valence-electron chi connectivity index (χ2n) is 9.09. The lowest BCUT2D eigenvalue weighted by Crippen LogP contribution is -2.39. The first-order chi connectivity index (χ1) is 16.5. The summed E-state index contributed by atoms with van der Waals surface area (Å²) in [4.78, 5) is 41.2. The molecule has 1 unspecified atom stereocenters. The quantitative estimate of drug-likeness (QED) is 0.676. The number of halogens is 1. The second kappa shape index (κ2) is 11.4. The summed E-state index contributed by atoms with van der Waals surface area (Å²) < 4.78 is 20.9. The summed E-state index contributed by atoms with van der Waals surface area (Å²) in [5.74, 6) is -1.18. The molecule has 0 saturated carbocycles. The van der Waals surface area contributed by atoms with Crippen LogP contribution in [0.5, 0.6) is 0 Å². The van der Waals surface area contributed by atoms with Gasteiger partial charge in [-0.2, -0.15) is 0 Å². The molecule has 1 aromatic heterocycles. The molecule has 0 radical (unpaired) electrons. The Morgan fingerprint density at radius 2 is 1.82 bits per heavy atom. The summed E-state index contributed by atoms with van der Waals surface area (Å²) in [6.45, 7) is 2.65. The third-order valence-corrected chi connectivity index (χ3v) is 6.47. The molecule has 3 heterocycles. The van der Waals surface area contributed by atoms with Crippen LogP contribution in [-0.4, -0.2) is 53.6 Å². The average molecular weight is 470 g/mol. The Bertz CT molecular complexity index is 1070. The summed E-state index contributed by atoms with van der Waals surface area (Å²) in [6.07, 6.45) is 9.34. The smallest absolute Gasteiger partial charge is 0.259 e. The van der Waals surface area contributed by atoms with E-state index in [4.69, 9.17) is 4.74 Å². The van der Waals surface area contributed by atoms with Crippen molar-refractivity contribution >= 4 is 11.8 Å². The van der Waals surface area contributed by atoms with Gasteiger partial charge in [0.2, 0.25) is 5.43 Å². The number of nitrogens with one attached hydrogen (secondary N) is 1. The molecule has 182 valence electrons. The summed E-state index contributed by atoms with van der Waals surface area (Å²) in [5, 5.41) is 2.75. The number of amides is 2. The average Bonchev–Trinajstić information content (AvgIpc) is 3.18. The molecule has 34 heavy (non-hydrogen) atoms. The Morgan fingerprint density at radius 3 is 2.53 bits per heavy atom. The molecule has 2 fully saturated rings. The van der Waals surface area contributed by atoms with E-state index in [-0.39, 0.29) is 35.5 Å². The molecule has 2 amide bonds. The summed E-state index contributed by atoms with van der Waals surface area (Å²) >= 11 is 0. The Hall–Kier alpha value is -3.00. The van der Waals surface area contributed by atoms with Gasteiger partial charge in [-0.25, -0.2) is 4.39 Å². The van der Waals surface area contributed by atoms with Gasteiger partial charge in [0.25, 0.3) is 11.8 Å². The van der Waals surface area contributed by atoms with Crippen LogP contribution in [0.3, 0.4) is 0 Å². The number of nitrogens with zero attached hydrogens (tertiary/aromatic N) is 2. The van der Waals surface area contributed by atoms with Gasteiger partial charge in [0, 0.05) is 45.2 Å². The number of carbonyl (C=O) groups is 2. The number of pyridine rings is 1. The van der Waals surface area contributed by atoms with E-state index in [1.807, 2.05) is 0 Å². The number of carbonyl (C=O) groups excluding carboxylic acids is 2. The van der Waals surface area contributed by atoms with Crippen molar-refractivity contribution in [3.8, 4) is 0 Å². The summed E-state index contributed by atoms with van der Waals surface area (Å²) in [7, 11) is 0. The van der Waals surface area contributed by atoms with E-state index >= 15 is 0 Å². The fraction of sp³-hybridized carbons (Fsp3) is 0.500. The van der Waals surface area contributed by atoms with Gasteiger partial charge in [-0.15, -0.1) is 0 Å². The van der Waals surface area contributed by atoms with Gasteiger partial charge in [-0.05, 0) is 49.8 Å². The predicted octanol–water partition coefficient (Wildman–Crippen LogP) is 3.16. The lowest BCUT2D eigenvalue weighted by Gasteiger charge is -2.21. The van der Waals surface area contributed by atoms with Crippen LogP contribution in [0.2, 0.25) is 0 Å². The van der Waals surface area contributed by atoms with Crippen LogP contribution in [-0.2, 0) is 17.7 Å². The van der Waals surface area contributed by atoms with Crippen LogP contribution in [0.25, 0.3) is 0 Å². The molecule has 1 N–H and O–H groups in total. The number of ether oxygens (including phenoxy) is 1. The highest BCUT2D eigenvalue weighted by Gasteiger charge is 2.25. The molecular formula is C26H32FN3O4. The highest BCUT2D eigenvalue weighted by Crippen LogP contribution is 2.16. The standard InChI is InChI=1S/C26H32FN3O4/c27-20-8-5-7-19(15-20)10-11-28-25(32)22-17-29(16-21-9-6-14-34-21)18-23(24(22)31)26(33)30-12-3-1-2-4-13-30/h5,7-8,15,17-18,21H,1-4,6,9-14,16H2,(H,28,32). The fourth-order valence-corrected chi connectivity index (χ4v) is 4.63. The van der Waals surface area contributed by atoms with E-state index < -0.39 is 11.3 Å². The minimum absolute atomic E-state index is 0.00692. The predicted molar refractivity (Wildman–Crippen MR) is 126 cm³/mol. The highest BCUT2D eigenvalue weighted by atomic mass is 19.1. The van der Waals surface area contributed by atoms with Crippen LogP contribution in [0.1, 0.15) is 64.8 Å². The van der Waals surface area contributed by atoms with E-state index in [0.29, 0.717) is 32.7 Å². The third-order valence-electron chi connectivity index (χ3n) is 6.47. The van der Waals surface area contributed by atoms with Gasteiger partial charge < -0.3 is 19.5 Å². The van der Waals surface area contributed by atoms with E-state index in [0.717, 1.165) is 44.1 Å². The Labute approximate surface area is 198 Å². The van der Waals surface area contributed by atoms with E-state index in [9.17, 15) is 18.8 Å². The molecule has 7 nitrogen and oxygen atoms in total. The van der Waals surface area contributed by atoms with E-state index in [1.54, 1.807) is 27.8 Å². The van der Waals surface area contributed by atoms with Crippen LogP contribution in [0.4, 0.5) is 4.39 Å². The molecule has 0 aliphatic carbocycles. The van der Waals surface area contributed by atoms with Crippen molar-refractivity contribution in [1.82, 2.24) is 14.8 Å². The molecule has 8 heteroatoms. The lowest BCUT2D eigenvalue weighted by molar-refractivity contribution is 0.0756. The topological polar surface area (TPSA) is 80.6 Å². The van der Waals surface area contributed by atoms with Crippen molar-refractivity contribution in [3.63, 3.8) is 0 Å². The van der Waals surface area contributed by atoms with Gasteiger partial charge >= 0.3 is 0 Å². The van der Waals surface area contributed by atoms with Gasteiger partial charge in [0.05, 0.1) is 6.10 Å². The van der Waals surface area contributed by atoms with Crippen LogP contribution >= 0.6 is 0 Å². The monoisotopic (exact) mass is 469 g/mol. The van der Waals surface area contributed by atoms with Crippen LogP contribution < -0.4 is 10.7 Å². The van der Waals surface area contributed by atoms with Crippen LogP contribution in [0.15, 0.2) is 41.5 Å². The van der Waals surface area contributed by atoms with Gasteiger partial charge in [0.1, 0.15) is 16.9 Å². The Balaban J connectivity index is 1.55. The van der Waals surface area contributed by atoms with Gasteiger partial charge in [0.15, 0.2) is 0 Å². The first kappa shape index (κ1) is 24.1. The molecule has 2 aliphatic heterocycles. The van der Waals surface area contributed by atoms with Crippen molar-refractivity contribution in [1.29, 1.82) is 0 Å². The maximum absolute atomic E-state index is 13.4. The Kier molecular flexibility index (Phi) is 8.11. The third kappa shape index (κ3) is 6.11. The summed E-state index contributed by atoms with van der Waals surface area (Å²) in [5.41, 5.74) is 0.165. The number of likely N-dealkylation sites (tertiary alicyclic amines) is 1. The molecule has 2 aliphatic rings. The number of aromatic nitrogens is 1. The zero-order chi connectivity index (χ0) is 23.9. The van der Waals surface area contributed by atoms with Gasteiger partial charge in [-0.1, -0.05) is 25.0 Å². The first-order valence-electron chi connectivity index (χ1n) is 12.2. The fourth-order valence-electron chi connectivity index (χ4n) is 4.63. The van der Waals surface area contributed by atoms with Crippen molar-refractivity contribution in [2.45, 2.75) is 57.6 Å². The highest BCUT2D eigenvalue weighted by molar-refractivity contribution is 5.99. The van der Waals surface area contributed by atoms with E-state index in [2.05, 4.69) is 5.32 Å². The van der Waals surface area contributed by atoms with E-state index in [1.165, 1.54) is 18.3 Å². The molecule has 1 atom stereocenters. The minimum Gasteiger partial charge on any atom is -0.376 e. The number of hydrogen-bond donors (Lipinski definition) is 1. The Morgan fingerprint density at radius 1 is 1.06 bits per heavy atom. The summed E-state index contributed by atoms with van der Waals surface area (Å²) in [6, 6.07) is 6.19. The van der Waals surface area contributed by atoms with Crippen molar-refractivity contribution in [2.24, 2.45) is 0 Å². The zero-order valence-corrected chi connectivity index (χ0v) is 19.4. The second-order valence-corrected chi connectivity index (χ2v) is 9.09. The van der Waals surface area contributed by atoms with Crippen molar-refractivity contribution < 1.29 is 18.7 Å². The molecule has 4 rings (SSSR count). The lowest BCUT2D eigenvalue weighted by atomic mass is 10.1. The molecule has 0 bridgehead atoms. The largest absolute Gasteiger partial charge is 0.376 e. The van der Waals surface area contributed by atoms with Crippen LogP contribution in [0, 0.1) is 5.82 Å². The zero-order valence-electron chi connectivity index (χ0n) is 19.4. The first-order valence-corrected chi connectivity index (χ1v) is 12.2. The maximum Gasteiger partial charge on any atom is 0.259 e. The van der Waals surface area contributed by atoms with Gasteiger partial charge in [-0.3, -0.25) is 14.4 Å².